The van der Waals surface area contributed by atoms with E-state index >= 15 is 0 Å². The lowest BCUT2D eigenvalue weighted by Gasteiger charge is -2.09. The fourth-order valence-electron chi connectivity index (χ4n) is 4.29. The van der Waals surface area contributed by atoms with E-state index in [1.165, 1.54) is 5.56 Å². The third kappa shape index (κ3) is 4.26. The molecule has 0 fully saturated rings. The Labute approximate surface area is 197 Å². The Hall–Kier alpha value is -3.51. The molecule has 0 spiro atoms. The van der Waals surface area contributed by atoms with Crippen LogP contribution in [0, 0.1) is 6.92 Å². The number of halogens is 1. The van der Waals surface area contributed by atoms with Gasteiger partial charge in [-0.2, -0.15) is 5.10 Å². The second-order valence-electron chi connectivity index (χ2n) is 8.22. The van der Waals surface area contributed by atoms with E-state index < -0.39 is 0 Å². The maximum absolute atomic E-state index is 12.9. The van der Waals surface area contributed by atoms with Gasteiger partial charge in [0.05, 0.1) is 19.3 Å². The first-order valence-corrected chi connectivity index (χ1v) is 11.2. The van der Waals surface area contributed by atoms with Crippen molar-refractivity contribution >= 4 is 17.5 Å². The van der Waals surface area contributed by atoms with Crippen LogP contribution < -0.4 is 10.1 Å². The second-order valence-corrected chi connectivity index (χ2v) is 8.65. The highest BCUT2D eigenvalue weighted by Crippen LogP contribution is 2.38. The molecule has 6 nitrogen and oxygen atoms in total. The summed E-state index contributed by atoms with van der Waals surface area (Å²) in [5.41, 5.74) is 5.90. The van der Waals surface area contributed by atoms with Crippen LogP contribution in [0.4, 0.5) is 0 Å². The molecule has 5 rings (SSSR count). The lowest BCUT2D eigenvalue weighted by molar-refractivity contribution is 0.0920. The number of nitrogens with zero attached hydrogens (tertiary/aromatic N) is 2. The van der Waals surface area contributed by atoms with Crippen molar-refractivity contribution in [2.75, 3.05) is 7.11 Å². The molecule has 1 aliphatic carbocycles. The minimum Gasteiger partial charge on any atom is -0.497 e. The zero-order valence-corrected chi connectivity index (χ0v) is 19.3. The Kier molecular flexibility index (Phi) is 5.68. The smallest absolute Gasteiger partial charge is 0.287 e. The summed E-state index contributed by atoms with van der Waals surface area (Å²) in [6.45, 7) is 2.97. The van der Waals surface area contributed by atoms with Gasteiger partial charge < -0.3 is 14.5 Å². The van der Waals surface area contributed by atoms with E-state index in [0.717, 1.165) is 52.3 Å². The van der Waals surface area contributed by atoms with Crippen LogP contribution in [0.1, 0.15) is 38.6 Å². The van der Waals surface area contributed by atoms with Crippen molar-refractivity contribution in [1.29, 1.82) is 0 Å². The van der Waals surface area contributed by atoms with Gasteiger partial charge in [-0.25, -0.2) is 0 Å². The number of ether oxygens (including phenoxy) is 1. The van der Waals surface area contributed by atoms with E-state index in [0.29, 0.717) is 23.9 Å². The zero-order valence-electron chi connectivity index (χ0n) is 18.5. The van der Waals surface area contributed by atoms with E-state index in [1.807, 2.05) is 60.1 Å². The number of nitrogens with one attached hydrogen (secondary N) is 1. The van der Waals surface area contributed by atoms with Gasteiger partial charge in [-0.1, -0.05) is 35.9 Å². The summed E-state index contributed by atoms with van der Waals surface area (Å²) < 4.78 is 13.1. The molecule has 4 aromatic rings. The molecular formula is C26H24ClN3O3. The van der Waals surface area contributed by atoms with Crippen molar-refractivity contribution in [3.63, 3.8) is 0 Å². The van der Waals surface area contributed by atoms with Gasteiger partial charge in [0.2, 0.25) is 0 Å². The number of hydrogen-bond acceptors (Lipinski definition) is 4. The fourth-order valence-corrected chi connectivity index (χ4v) is 4.50. The molecule has 168 valence electrons. The van der Waals surface area contributed by atoms with Crippen LogP contribution in [0.15, 0.2) is 59.1 Å². The minimum absolute atomic E-state index is 0.224. The molecule has 0 unspecified atom stereocenters. The number of amides is 1. The van der Waals surface area contributed by atoms with Gasteiger partial charge in [0, 0.05) is 35.3 Å². The highest BCUT2D eigenvalue weighted by molar-refractivity contribution is 6.30. The van der Waals surface area contributed by atoms with Gasteiger partial charge in [-0.05, 0) is 54.3 Å². The third-order valence-corrected chi connectivity index (χ3v) is 6.20. The fraction of sp³-hybridized carbons (Fsp3) is 0.231. The Morgan fingerprint density at radius 1 is 1.18 bits per heavy atom. The van der Waals surface area contributed by atoms with E-state index in [-0.39, 0.29) is 5.91 Å². The van der Waals surface area contributed by atoms with E-state index in [2.05, 4.69) is 11.5 Å². The monoisotopic (exact) mass is 461 g/mol. The van der Waals surface area contributed by atoms with Crippen LogP contribution in [0.25, 0.3) is 11.3 Å². The highest BCUT2D eigenvalue weighted by atomic mass is 35.5. The number of aryl methyl sites for hydroxylation is 2. The standard InChI is InChI=1S/C26H24ClN3O3/c1-16-23-22(33-25(16)26(31)28-13-17-6-9-21(32-2)10-7-17)11-8-19-15-30(29-24(19)23)14-18-4-3-5-20(27)12-18/h3-7,9-10,12,15H,8,11,13-14H2,1-2H3,(H,28,31). The number of carbonyl (C=O) groups is 1. The maximum Gasteiger partial charge on any atom is 0.287 e. The Morgan fingerprint density at radius 3 is 2.76 bits per heavy atom. The molecule has 7 heteroatoms. The van der Waals surface area contributed by atoms with Crippen LogP contribution in [-0.4, -0.2) is 22.8 Å². The average Bonchev–Trinajstić information content (AvgIpc) is 3.38. The summed E-state index contributed by atoms with van der Waals surface area (Å²) in [5.74, 6) is 1.73. The number of aromatic nitrogens is 2. The number of carbonyl (C=O) groups excluding carboxylic acids is 1. The summed E-state index contributed by atoms with van der Waals surface area (Å²) >= 11 is 6.13. The van der Waals surface area contributed by atoms with Gasteiger partial charge in [0.15, 0.2) is 5.76 Å². The molecule has 0 atom stereocenters. The number of rotatable bonds is 6. The highest BCUT2D eigenvalue weighted by Gasteiger charge is 2.29. The lowest BCUT2D eigenvalue weighted by Crippen LogP contribution is -2.23. The predicted molar refractivity (Wildman–Crippen MR) is 127 cm³/mol. The SMILES string of the molecule is COc1ccc(CNC(=O)c2oc3c(c2C)-c2nn(Cc4cccc(Cl)c4)cc2CC3)cc1. The maximum atomic E-state index is 12.9. The number of fused-ring (bicyclic) bond motifs is 3. The van der Waals surface area contributed by atoms with Crippen molar-refractivity contribution in [3.8, 4) is 17.0 Å². The quantitative estimate of drug-likeness (QED) is 0.429. The molecule has 1 aliphatic rings. The van der Waals surface area contributed by atoms with Gasteiger partial charge in [-0.3, -0.25) is 9.48 Å². The molecule has 2 heterocycles. The first kappa shape index (κ1) is 21.3. The summed E-state index contributed by atoms with van der Waals surface area (Å²) in [4.78, 5) is 12.9. The van der Waals surface area contributed by atoms with Crippen molar-refractivity contribution in [2.45, 2.75) is 32.9 Å². The third-order valence-electron chi connectivity index (χ3n) is 5.97. The van der Waals surface area contributed by atoms with E-state index in [1.54, 1.807) is 7.11 Å². The molecule has 33 heavy (non-hydrogen) atoms. The summed E-state index contributed by atoms with van der Waals surface area (Å²) in [6.07, 6.45) is 3.66. The van der Waals surface area contributed by atoms with Crippen LogP contribution in [0.2, 0.25) is 5.02 Å². The largest absolute Gasteiger partial charge is 0.497 e. The van der Waals surface area contributed by atoms with Gasteiger partial charge >= 0.3 is 0 Å². The van der Waals surface area contributed by atoms with Gasteiger partial charge in [0.25, 0.3) is 5.91 Å². The van der Waals surface area contributed by atoms with Gasteiger partial charge in [-0.15, -0.1) is 0 Å². The van der Waals surface area contributed by atoms with Crippen molar-refractivity contribution in [1.82, 2.24) is 15.1 Å². The lowest BCUT2D eigenvalue weighted by atomic mass is 9.93. The zero-order chi connectivity index (χ0) is 22.9. The van der Waals surface area contributed by atoms with Crippen LogP contribution in [0.5, 0.6) is 5.75 Å². The van der Waals surface area contributed by atoms with Crippen LogP contribution >= 0.6 is 11.6 Å². The molecule has 1 amide bonds. The topological polar surface area (TPSA) is 69.3 Å². The first-order chi connectivity index (χ1) is 16.0. The van der Waals surface area contributed by atoms with Gasteiger partial charge in [0.1, 0.15) is 11.5 Å². The second kappa shape index (κ2) is 8.79. The molecular weight excluding hydrogens is 438 g/mol. The molecule has 0 saturated carbocycles. The Bertz CT molecular complexity index is 1320. The Balaban J connectivity index is 1.36. The average molecular weight is 462 g/mol. The number of hydrogen-bond donors (Lipinski definition) is 1. The van der Waals surface area contributed by atoms with Crippen molar-refractivity contribution in [2.24, 2.45) is 0 Å². The molecule has 0 aliphatic heterocycles. The predicted octanol–water partition coefficient (Wildman–Crippen LogP) is 5.19. The number of benzene rings is 2. The van der Waals surface area contributed by atoms with E-state index in [9.17, 15) is 4.79 Å². The first-order valence-electron chi connectivity index (χ1n) is 10.9. The summed E-state index contributed by atoms with van der Waals surface area (Å²) in [6, 6.07) is 15.4. The van der Waals surface area contributed by atoms with Crippen LogP contribution in [0.3, 0.4) is 0 Å². The molecule has 0 radical (unpaired) electrons. The summed E-state index contributed by atoms with van der Waals surface area (Å²) in [7, 11) is 1.63. The minimum atomic E-state index is -0.224. The molecule has 2 aromatic carbocycles. The summed E-state index contributed by atoms with van der Waals surface area (Å²) in [5, 5.41) is 8.50. The van der Waals surface area contributed by atoms with Crippen molar-refractivity contribution < 1.29 is 13.9 Å². The molecule has 0 bridgehead atoms. The molecule has 1 N–H and O–H groups in total. The Morgan fingerprint density at radius 2 is 2.00 bits per heavy atom. The van der Waals surface area contributed by atoms with Crippen LogP contribution in [-0.2, 0) is 25.9 Å². The number of furan rings is 1. The normalized spacial score (nSPS) is 12.2. The van der Waals surface area contributed by atoms with E-state index in [4.69, 9.17) is 25.9 Å². The van der Waals surface area contributed by atoms with Crippen molar-refractivity contribution in [3.05, 3.63) is 93.5 Å². The number of methoxy groups -OCH3 is 1. The molecule has 0 saturated heterocycles. The molecule has 2 aromatic heterocycles.